The minimum absolute atomic E-state index is 0.168. The lowest BCUT2D eigenvalue weighted by atomic mass is 10.1. The molecule has 4 N–H and O–H groups in total. The number of carbonyl (C=O) groups is 1. The van der Waals surface area contributed by atoms with Gasteiger partial charge in [0.25, 0.3) is 5.91 Å². The van der Waals surface area contributed by atoms with Crippen molar-refractivity contribution in [2.75, 3.05) is 17.9 Å². The molecule has 2 rings (SSSR count). The van der Waals surface area contributed by atoms with E-state index in [1.165, 1.54) is 0 Å². The van der Waals surface area contributed by atoms with Gasteiger partial charge in [0, 0.05) is 16.9 Å². The highest BCUT2D eigenvalue weighted by Crippen LogP contribution is 2.22. The number of carbonyl (C=O) groups excluding carboxylic acids is 1. The van der Waals surface area contributed by atoms with E-state index < -0.39 is 0 Å². The molecule has 0 spiro atoms. The Kier molecular flexibility index (Phi) is 4.22. The molecule has 0 aliphatic rings. The smallest absolute Gasteiger partial charge is 0.255 e. The number of hydrazine groups is 1. The maximum absolute atomic E-state index is 12.1. The third kappa shape index (κ3) is 3.07. The number of hydrogen-bond donors (Lipinski definition) is 3. The summed E-state index contributed by atoms with van der Waals surface area (Å²) in [7, 11) is 1.62. The van der Waals surface area contributed by atoms with Gasteiger partial charge < -0.3 is 15.5 Å². The zero-order valence-corrected chi connectivity index (χ0v) is 11.4. The lowest BCUT2D eigenvalue weighted by molar-refractivity contribution is 0.102. The van der Waals surface area contributed by atoms with Crippen LogP contribution in [0.5, 0.6) is 5.75 Å². The van der Waals surface area contributed by atoms with Crippen LogP contribution in [-0.2, 0) is 0 Å². The Labute approximate surface area is 117 Å². The first-order valence-corrected chi connectivity index (χ1v) is 6.16. The highest BCUT2D eigenvalue weighted by Gasteiger charge is 2.07. The predicted octanol–water partition coefficient (Wildman–Crippen LogP) is 2.54. The van der Waals surface area contributed by atoms with E-state index in [2.05, 4.69) is 10.7 Å². The van der Waals surface area contributed by atoms with Crippen LogP contribution < -0.4 is 21.3 Å². The zero-order chi connectivity index (χ0) is 14.5. The average molecular weight is 271 g/mol. The number of nitrogen functional groups attached to an aromatic ring is 1. The van der Waals surface area contributed by atoms with Gasteiger partial charge in [-0.1, -0.05) is 0 Å². The molecule has 0 bridgehead atoms. The van der Waals surface area contributed by atoms with Gasteiger partial charge in [0.1, 0.15) is 5.75 Å². The van der Waals surface area contributed by atoms with E-state index in [4.69, 9.17) is 10.6 Å². The molecule has 0 aliphatic heterocycles. The Balaban J connectivity index is 2.12. The van der Waals surface area contributed by atoms with Crippen LogP contribution in [-0.4, -0.2) is 13.0 Å². The van der Waals surface area contributed by atoms with Gasteiger partial charge in [-0.15, -0.1) is 0 Å². The monoisotopic (exact) mass is 271 g/mol. The molecule has 5 nitrogen and oxygen atoms in total. The third-order valence-corrected chi connectivity index (χ3v) is 2.97. The van der Waals surface area contributed by atoms with Gasteiger partial charge in [0.15, 0.2) is 0 Å². The zero-order valence-electron chi connectivity index (χ0n) is 11.4. The van der Waals surface area contributed by atoms with Crippen molar-refractivity contribution in [3.63, 3.8) is 0 Å². The number of anilines is 2. The van der Waals surface area contributed by atoms with Gasteiger partial charge in [-0.25, -0.2) is 0 Å². The number of hydrogen-bond acceptors (Lipinski definition) is 4. The number of benzene rings is 2. The topological polar surface area (TPSA) is 76.4 Å². The van der Waals surface area contributed by atoms with Gasteiger partial charge in [-0.3, -0.25) is 10.6 Å². The SMILES string of the molecule is COc1ccc(NC(=O)c2ccc(NN)cc2)cc1C. The second-order valence-electron chi connectivity index (χ2n) is 4.36. The van der Waals surface area contributed by atoms with Crippen molar-refractivity contribution < 1.29 is 9.53 Å². The normalized spacial score (nSPS) is 9.95. The van der Waals surface area contributed by atoms with Crippen molar-refractivity contribution in [3.8, 4) is 5.75 Å². The van der Waals surface area contributed by atoms with Crippen LogP contribution in [0.2, 0.25) is 0 Å². The fourth-order valence-corrected chi connectivity index (χ4v) is 1.88. The summed E-state index contributed by atoms with van der Waals surface area (Å²) in [6.45, 7) is 1.93. The van der Waals surface area contributed by atoms with E-state index in [1.807, 2.05) is 19.1 Å². The molecule has 0 saturated carbocycles. The summed E-state index contributed by atoms with van der Waals surface area (Å²) in [6, 6.07) is 12.4. The maximum Gasteiger partial charge on any atom is 0.255 e. The third-order valence-electron chi connectivity index (χ3n) is 2.97. The Morgan fingerprint density at radius 1 is 1.10 bits per heavy atom. The van der Waals surface area contributed by atoms with Crippen molar-refractivity contribution in [2.24, 2.45) is 5.84 Å². The Morgan fingerprint density at radius 3 is 2.30 bits per heavy atom. The Morgan fingerprint density at radius 2 is 1.75 bits per heavy atom. The van der Waals surface area contributed by atoms with Crippen LogP contribution in [0.25, 0.3) is 0 Å². The van der Waals surface area contributed by atoms with Crippen molar-refractivity contribution in [2.45, 2.75) is 6.92 Å². The number of methoxy groups -OCH3 is 1. The summed E-state index contributed by atoms with van der Waals surface area (Å²) in [5, 5.41) is 2.84. The summed E-state index contributed by atoms with van der Waals surface area (Å²) in [5.41, 5.74) is 5.53. The Hall–Kier alpha value is -2.53. The molecule has 2 aromatic carbocycles. The van der Waals surface area contributed by atoms with Crippen molar-refractivity contribution in [1.82, 2.24) is 0 Å². The first-order chi connectivity index (χ1) is 9.63. The minimum atomic E-state index is -0.168. The summed E-state index contributed by atoms with van der Waals surface area (Å²) < 4.78 is 5.18. The van der Waals surface area contributed by atoms with Gasteiger partial charge in [0.2, 0.25) is 0 Å². The number of nitrogens with one attached hydrogen (secondary N) is 2. The van der Waals surface area contributed by atoms with E-state index in [0.717, 1.165) is 22.7 Å². The highest BCUT2D eigenvalue weighted by molar-refractivity contribution is 6.04. The number of rotatable bonds is 4. The van der Waals surface area contributed by atoms with E-state index in [0.29, 0.717) is 5.56 Å². The van der Waals surface area contributed by atoms with Crippen LogP contribution in [0.1, 0.15) is 15.9 Å². The largest absolute Gasteiger partial charge is 0.496 e. The second kappa shape index (κ2) is 6.08. The molecule has 20 heavy (non-hydrogen) atoms. The molecule has 0 atom stereocenters. The molecule has 0 saturated heterocycles. The summed E-state index contributed by atoms with van der Waals surface area (Å²) >= 11 is 0. The van der Waals surface area contributed by atoms with Gasteiger partial charge in [0.05, 0.1) is 7.11 Å². The van der Waals surface area contributed by atoms with Gasteiger partial charge >= 0.3 is 0 Å². The lowest BCUT2D eigenvalue weighted by Gasteiger charge is -2.09. The molecule has 0 heterocycles. The predicted molar refractivity (Wildman–Crippen MR) is 79.9 cm³/mol. The molecule has 5 heteroatoms. The van der Waals surface area contributed by atoms with E-state index in [1.54, 1.807) is 37.4 Å². The molecule has 104 valence electrons. The number of aryl methyl sites for hydroxylation is 1. The fourth-order valence-electron chi connectivity index (χ4n) is 1.88. The quantitative estimate of drug-likeness (QED) is 0.590. The average Bonchev–Trinajstić information content (AvgIpc) is 2.47. The summed E-state index contributed by atoms with van der Waals surface area (Å²) in [4.78, 5) is 12.1. The van der Waals surface area contributed by atoms with E-state index in [-0.39, 0.29) is 5.91 Å². The minimum Gasteiger partial charge on any atom is -0.496 e. The van der Waals surface area contributed by atoms with Crippen molar-refractivity contribution in [3.05, 3.63) is 53.6 Å². The van der Waals surface area contributed by atoms with Crippen LogP contribution in [0.15, 0.2) is 42.5 Å². The highest BCUT2D eigenvalue weighted by atomic mass is 16.5. The van der Waals surface area contributed by atoms with Gasteiger partial charge in [-0.2, -0.15) is 0 Å². The first-order valence-electron chi connectivity index (χ1n) is 6.16. The molecule has 0 radical (unpaired) electrons. The molecule has 0 fully saturated rings. The van der Waals surface area contributed by atoms with E-state index in [9.17, 15) is 4.79 Å². The molecule has 0 unspecified atom stereocenters. The van der Waals surface area contributed by atoms with Crippen LogP contribution in [0.4, 0.5) is 11.4 Å². The number of ether oxygens (including phenoxy) is 1. The summed E-state index contributed by atoms with van der Waals surface area (Å²) in [5.74, 6) is 5.91. The molecular weight excluding hydrogens is 254 g/mol. The van der Waals surface area contributed by atoms with Crippen molar-refractivity contribution in [1.29, 1.82) is 0 Å². The number of amides is 1. The van der Waals surface area contributed by atoms with Crippen LogP contribution >= 0.6 is 0 Å². The number of nitrogens with two attached hydrogens (primary N) is 1. The van der Waals surface area contributed by atoms with Crippen LogP contribution in [0.3, 0.4) is 0 Å². The molecule has 0 aliphatic carbocycles. The van der Waals surface area contributed by atoms with Gasteiger partial charge in [-0.05, 0) is 55.0 Å². The van der Waals surface area contributed by atoms with Crippen molar-refractivity contribution >= 4 is 17.3 Å². The fraction of sp³-hybridized carbons (Fsp3) is 0.133. The maximum atomic E-state index is 12.1. The Bertz CT molecular complexity index is 609. The van der Waals surface area contributed by atoms with E-state index >= 15 is 0 Å². The lowest BCUT2D eigenvalue weighted by Crippen LogP contribution is -2.12. The standard InChI is InChI=1S/C15H17N3O2/c1-10-9-13(7-8-14(10)20-2)17-15(19)11-3-5-12(18-16)6-4-11/h3-9,18H,16H2,1-2H3,(H,17,19). The first kappa shape index (κ1) is 13.9. The van der Waals surface area contributed by atoms with Crippen LogP contribution in [0, 0.1) is 6.92 Å². The summed E-state index contributed by atoms with van der Waals surface area (Å²) in [6.07, 6.45) is 0. The molecular formula is C15H17N3O2. The molecule has 1 amide bonds. The molecule has 0 aromatic heterocycles. The second-order valence-corrected chi connectivity index (χ2v) is 4.36. The molecule has 2 aromatic rings.